The summed E-state index contributed by atoms with van der Waals surface area (Å²) in [5.74, 6) is -1.00. The van der Waals surface area contributed by atoms with Crippen molar-refractivity contribution in [2.45, 2.75) is 32.6 Å². The molecule has 0 fully saturated rings. The van der Waals surface area contributed by atoms with Crippen molar-refractivity contribution in [3.63, 3.8) is 0 Å². The van der Waals surface area contributed by atoms with Crippen molar-refractivity contribution in [3.05, 3.63) is 0 Å². The normalized spacial score (nSPS) is 9.93. The molecule has 0 unspecified atom stereocenters. The maximum Gasteiger partial charge on any atom is 0.319 e. The molecule has 0 aliphatic heterocycles. The van der Waals surface area contributed by atoms with Gasteiger partial charge in [-0.1, -0.05) is 6.42 Å². The first-order valence-corrected chi connectivity index (χ1v) is 5.25. The number of carbonyl (C=O) groups is 2. The minimum atomic E-state index is -0.755. The van der Waals surface area contributed by atoms with E-state index in [0.717, 1.165) is 19.4 Å². The fourth-order valence-corrected chi connectivity index (χ4v) is 1.11. The molecule has 0 aliphatic carbocycles. The number of hydrogen-bond acceptors (Lipinski definition) is 4. The summed E-state index contributed by atoms with van der Waals surface area (Å²) in [6, 6.07) is 0. The summed E-state index contributed by atoms with van der Waals surface area (Å²) < 4.78 is 4.72. The lowest BCUT2D eigenvalue weighted by atomic mass is 10.2. The zero-order chi connectivity index (χ0) is 11.5. The molecule has 0 atom stereocenters. The summed E-state index contributed by atoms with van der Waals surface area (Å²) in [6.07, 6.45) is 2.66. The SMILES string of the molecule is CCOC(=O)CNCCCCCC(=O)O. The van der Waals surface area contributed by atoms with Gasteiger partial charge in [-0.3, -0.25) is 9.59 Å². The summed E-state index contributed by atoms with van der Waals surface area (Å²) in [4.78, 5) is 21.0. The van der Waals surface area contributed by atoms with Crippen LogP contribution in [0.4, 0.5) is 0 Å². The summed E-state index contributed by atoms with van der Waals surface area (Å²) >= 11 is 0. The highest BCUT2D eigenvalue weighted by Gasteiger charge is 2.00. The van der Waals surface area contributed by atoms with Crippen LogP contribution in [0.15, 0.2) is 0 Å². The second-order valence-corrected chi connectivity index (χ2v) is 3.19. The van der Waals surface area contributed by atoms with Crippen LogP contribution in [-0.4, -0.2) is 36.7 Å². The Morgan fingerprint density at radius 1 is 1.27 bits per heavy atom. The van der Waals surface area contributed by atoms with Gasteiger partial charge in [-0.15, -0.1) is 0 Å². The number of hydrogen-bond donors (Lipinski definition) is 2. The average molecular weight is 217 g/mol. The number of esters is 1. The molecule has 0 spiro atoms. The van der Waals surface area contributed by atoms with Crippen LogP contribution in [0.3, 0.4) is 0 Å². The summed E-state index contributed by atoms with van der Waals surface area (Å²) in [5.41, 5.74) is 0. The van der Waals surface area contributed by atoms with Crippen molar-refractivity contribution in [1.82, 2.24) is 5.32 Å². The number of carboxylic acids is 1. The van der Waals surface area contributed by atoms with Crippen LogP contribution in [0.2, 0.25) is 0 Å². The predicted octanol–water partition coefficient (Wildman–Crippen LogP) is 0.784. The molecule has 0 aromatic carbocycles. The van der Waals surface area contributed by atoms with Crippen molar-refractivity contribution < 1.29 is 19.4 Å². The van der Waals surface area contributed by atoms with Crippen LogP contribution in [0.25, 0.3) is 0 Å². The number of unbranched alkanes of at least 4 members (excludes halogenated alkanes) is 2. The monoisotopic (exact) mass is 217 g/mol. The highest BCUT2D eigenvalue weighted by molar-refractivity contribution is 5.71. The van der Waals surface area contributed by atoms with Crippen LogP contribution in [-0.2, 0) is 14.3 Å². The van der Waals surface area contributed by atoms with Crippen molar-refractivity contribution in [2.24, 2.45) is 0 Å². The fourth-order valence-electron chi connectivity index (χ4n) is 1.11. The van der Waals surface area contributed by atoms with Gasteiger partial charge in [0.2, 0.25) is 0 Å². The summed E-state index contributed by atoms with van der Waals surface area (Å²) in [6.45, 7) is 3.12. The number of nitrogens with one attached hydrogen (secondary N) is 1. The molecule has 0 bridgehead atoms. The molecule has 5 nitrogen and oxygen atoms in total. The van der Waals surface area contributed by atoms with Crippen LogP contribution >= 0.6 is 0 Å². The Morgan fingerprint density at radius 3 is 2.60 bits per heavy atom. The minimum absolute atomic E-state index is 0.220. The first-order chi connectivity index (χ1) is 7.16. The molecule has 0 aromatic rings. The first kappa shape index (κ1) is 13.9. The summed E-state index contributed by atoms with van der Waals surface area (Å²) in [5, 5.41) is 11.3. The Kier molecular flexibility index (Phi) is 8.76. The van der Waals surface area contributed by atoms with Gasteiger partial charge in [-0.25, -0.2) is 0 Å². The quantitative estimate of drug-likeness (QED) is 0.441. The molecule has 0 radical (unpaired) electrons. The van der Waals surface area contributed by atoms with Gasteiger partial charge in [0.1, 0.15) is 0 Å². The predicted molar refractivity (Wildman–Crippen MR) is 55.6 cm³/mol. The Hall–Kier alpha value is -1.10. The van der Waals surface area contributed by atoms with Crippen LogP contribution in [0.1, 0.15) is 32.6 Å². The molecular formula is C10H19NO4. The molecule has 0 saturated carbocycles. The highest BCUT2D eigenvalue weighted by atomic mass is 16.5. The third-order valence-corrected chi connectivity index (χ3v) is 1.82. The third-order valence-electron chi connectivity index (χ3n) is 1.82. The smallest absolute Gasteiger partial charge is 0.319 e. The van der Waals surface area contributed by atoms with Crippen molar-refractivity contribution in [2.75, 3.05) is 19.7 Å². The van der Waals surface area contributed by atoms with E-state index in [0.29, 0.717) is 13.0 Å². The Morgan fingerprint density at radius 2 is 2.00 bits per heavy atom. The Balaban J connectivity index is 3.11. The molecule has 2 N–H and O–H groups in total. The molecule has 0 amide bonds. The van der Waals surface area contributed by atoms with E-state index in [1.54, 1.807) is 6.92 Å². The van der Waals surface area contributed by atoms with Gasteiger partial charge in [0.15, 0.2) is 0 Å². The van der Waals surface area contributed by atoms with E-state index in [2.05, 4.69) is 5.32 Å². The topological polar surface area (TPSA) is 75.6 Å². The lowest BCUT2D eigenvalue weighted by Gasteiger charge is -2.03. The standard InChI is InChI=1S/C10H19NO4/c1-2-15-10(14)8-11-7-5-3-4-6-9(12)13/h11H,2-8H2,1H3,(H,12,13). The number of ether oxygens (including phenoxy) is 1. The zero-order valence-corrected chi connectivity index (χ0v) is 9.12. The molecule has 0 aromatic heterocycles. The van der Waals surface area contributed by atoms with E-state index in [-0.39, 0.29) is 18.9 Å². The lowest BCUT2D eigenvalue weighted by Crippen LogP contribution is -2.25. The van der Waals surface area contributed by atoms with E-state index in [4.69, 9.17) is 9.84 Å². The van der Waals surface area contributed by atoms with E-state index >= 15 is 0 Å². The van der Waals surface area contributed by atoms with Crippen LogP contribution < -0.4 is 5.32 Å². The van der Waals surface area contributed by atoms with Crippen molar-refractivity contribution >= 4 is 11.9 Å². The maximum atomic E-state index is 10.9. The van der Waals surface area contributed by atoms with Crippen LogP contribution in [0, 0.1) is 0 Å². The zero-order valence-electron chi connectivity index (χ0n) is 9.12. The molecule has 88 valence electrons. The largest absolute Gasteiger partial charge is 0.481 e. The number of aliphatic carboxylic acids is 1. The third kappa shape index (κ3) is 10.8. The van der Waals surface area contributed by atoms with E-state index in [9.17, 15) is 9.59 Å². The van der Waals surface area contributed by atoms with Crippen molar-refractivity contribution in [3.8, 4) is 0 Å². The molecule has 5 heteroatoms. The maximum absolute atomic E-state index is 10.9. The Labute approximate surface area is 89.8 Å². The van der Waals surface area contributed by atoms with Crippen LogP contribution in [0.5, 0.6) is 0 Å². The van der Waals surface area contributed by atoms with Gasteiger partial charge in [-0.05, 0) is 26.3 Å². The fraction of sp³-hybridized carbons (Fsp3) is 0.800. The molecule has 0 aliphatic rings. The van der Waals surface area contributed by atoms with Gasteiger partial charge < -0.3 is 15.2 Å². The second kappa shape index (κ2) is 9.45. The van der Waals surface area contributed by atoms with Gasteiger partial charge in [0.25, 0.3) is 0 Å². The highest BCUT2D eigenvalue weighted by Crippen LogP contribution is 1.98. The van der Waals surface area contributed by atoms with Gasteiger partial charge in [0, 0.05) is 6.42 Å². The van der Waals surface area contributed by atoms with E-state index in [1.165, 1.54) is 0 Å². The van der Waals surface area contributed by atoms with Gasteiger partial charge in [-0.2, -0.15) is 0 Å². The van der Waals surface area contributed by atoms with Gasteiger partial charge in [0.05, 0.1) is 13.2 Å². The lowest BCUT2D eigenvalue weighted by molar-refractivity contribution is -0.142. The second-order valence-electron chi connectivity index (χ2n) is 3.19. The minimum Gasteiger partial charge on any atom is -0.481 e. The number of carbonyl (C=O) groups excluding carboxylic acids is 1. The van der Waals surface area contributed by atoms with Gasteiger partial charge >= 0.3 is 11.9 Å². The number of rotatable bonds is 9. The average Bonchev–Trinajstić information content (AvgIpc) is 2.16. The van der Waals surface area contributed by atoms with E-state index < -0.39 is 5.97 Å². The molecule has 0 rings (SSSR count). The first-order valence-electron chi connectivity index (χ1n) is 5.25. The Bertz CT molecular complexity index is 194. The number of carboxylic acid groups (broad SMARTS) is 1. The molecule has 0 saturated heterocycles. The summed E-state index contributed by atoms with van der Waals surface area (Å²) in [7, 11) is 0. The molecule has 15 heavy (non-hydrogen) atoms. The molecular weight excluding hydrogens is 198 g/mol. The van der Waals surface area contributed by atoms with E-state index in [1.807, 2.05) is 0 Å². The molecule has 0 heterocycles. The van der Waals surface area contributed by atoms with Crippen molar-refractivity contribution in [1.29, 1.82) is 0 Å².